The molecular formula is C7H7Cl2FN2. The van der Waals surface area contributed by atoms with E-state index < -0.39 is 5.82 Å². The van der Waals surface area contributed by atoms with Crippen LogP contribution in [-0.4, -0.2) is 9.97 Å². The molecule has 12 heavy (non-hydrogen) atoms. The minimum atomic E-state index is -0.752. The Morgan fingerprint density at radius 3 is 2.17 bits per heavy atom. The Hall–Kier alpha value is -0.410. The first kappa shape index (κ1) is 9.68. The highest BCUT2D eigenvalue weighted by Crippen LogP contribution is 2.18. The third-order valence-corrected chi connectivity index (χ3v) is 1.79. The molecule has 0 aliphatic heterocycles. The van der Waals surface area contributed by atoms with Crippen LogP contribution in [0.15, 0.2) is 0 Å². The second kappa shape index (κ2) is 4.01. The van der Waals surface area contributed by atoms with Crippen LogP contribution in [-0.2, 0) is 6.42 Å². The van der Waals surface area contributed by atoms with Gasteiger partial charge >= 0.3 is 0 Å². The maximum absolute atomic E-state index is 12.8. The van der Waals surface area contributed by atoms with Gasteiger partial charge in [0.1, 0.15) is 5.82 Å². The number of hydrogen-bond donors (Lipinski definition) is 0. The summed E-state index contributed by atoms with van der Waals surface area (Å²) in [4.78, 5) is 7.44. The van der Waals surface area contributed by atoms with Crippen molar-refractivity contribution in [3.8, 4) is 0 Å². The number of aromatic nitrogens is 2. The zero-order chi connectivity index (χ0) is 9.14. The lowest BCUT2D eigenvalue weighted by atomic mass is 10.3. The fourth-order valence-electron chi connectivity index (χ4n) is 0.770. The molecule has 0 N–H and O–H groups in total. The maximum Gasteiger partial charge on any atom is 0.197 e. The first-order valence-corrected chi connectivity index (χ1v) is 4.28. The first-order valence-electron chi connectivity index (χ1n) is 3.52. The molecule has 0 saturated heterocycles. The molecule has 66 valence electrons. The standard InChI is InChI=1S/C7H7Cl2FN2/c1-2-3-4-11-6(8)5(10)7(9)12-4/h2-3H2,1H3. The number of rotatable bonds is 2. The van der Waals surface area contributed by atoms with Crippen LogP contribution in [0.3, 0.4) is 0 Å². The Morgan fingerprint density at radius 2 is 1.75 bits per heavy atom. The van der Waals surface area contributed by atoms with Crippen LogP contribution in [0.1, 0.15) is 19.2 Å². The van der Waals surface area contributed by atoms with Crippen LogP contribution in [0.5, 0.6) is 0 Å². The molecule has 0 aliphatic carbocycles. The molecule has 0 unspecified atom stereocenters. The summed E-state index contributed by atoms with van der Waals surface area (Å²) >= 11 is 10.9. The Kier molecular flexibility index (Phi) is 3.23. The molecule has 0 atom stereocenters. The van der Waals surface area contributed by atoms with Gasteiger partial charge in [-0.15, -0.1) is 0 Å². The SMILES string of the molecule is CCCc1nc(Cl)c(F)c(Cl)n1. The molecule has 0 amide bonds. The van der Waals surface area contributed by atoms with Crippen LogP contribution in [0.2, 0.25) is 10.3 Å². The highest BCUT2D eigenvalue weighted by molar-refractivity contribution is 6.33. The lowest BCUT2D eigenvalue weighted by Gasteiger charge is -1.99. The molecule has 1 rings (SSSR count). The van der Waals surface area contributed by atoms with E-state index in [9.17, 15) is 4.39 Å². The molecule has 0 fully saturated rings. The third kappa shape index (κ3) is 2.05. The van der Waals surface area contributed by atoms with Gasteiger partial charge in [0.05, 0.1) is 0 Å². The van der Waals surface area contributed by atoms with Crippen LogP contribution in [0.25, 0.3) is 0 Å². The maximum atomic E-state index is 12.8. The molecule has 2 nitrogen and oxygen atoms in total. The van der Waals surface area contributed by atoms with E-state index in [4.69, 9.17) is 23.2 Å². The normalized spacial score (nSPS) is 10.3. The summed E-state index contributed by atoms with van der Waals surface area (Å²) in [5.74, 6) is -0.271. The van der Waals surface area contributed by atoms with E-state index in [1.54, 1.807) is 0 Å². The fraction of sp³-hybridized carbons (Fsp3) is 0.429. The molecule has 1 aromatic heterocycles. The van der Waals surface area contributed by atoms with E-state index in [1.165, 1.54) is 0 Å². The second-order valence-corrected chi connectivity index (χ2v) is 3.00. The molecule has 1 aromatic rings. The van der Waals surface area contributed by atoms with Gasteiger partial charge in [-0.2, -0.15) is 0 Å². The first-order chi connectivity index (χ1) is 5.65. The minimum Gasteiger partial charge on any atom is -0.218 e. The van der Waals surface area contributed by atoms with E-state index >= 15 is 0 Å². The smallest absolute Gasteiger partial charge is 0.197 e. The lowest BCUT2D eigenvalue weighted by molar-refractivity contribution is 0.608. The van der Waals surface area contributed by atoms with E-state index in [-0.39, 0.29) is 10.3 Å². The van der Waals surface area contributed by atoms with Crippen LogP contribution in [0.4, 0.5) is 4.39 Å². The molecule has 0 bridgehead atoms. The largest absolute Gasteiger partial charge is 0.218 e. The Morgan fingerprint density at radius 1 is 1.25 bits per heavy atom. The number of hydrogen-bond acceptors (Lipinski definition) is 2. The predicted octanol–water partition coefficient (Wildman–Crippen LogP) is 2.88. The van der Waals surface area contributed by atoms with Gasteiger partial charge in [-0.05, 0) is 6.42 Å². The van der Waals surface area contributed by atoms with Crippen LogP contribution >= 0.6 is 23.2 Å². The summed E-state index contributed by atoms with van der Waals surface area (Å²) in [5.41, 5.74) is 0. The van der Waals surface area contributed by atoms with E-state index in [0.717, 1.165) is 6.42 Å². The number of nitrogens with zero attached hydrogens (tertiary/aromatic N) is 2. The van der Waals surface area contributed by atoms with Crippen LogP contribution in [0, 0.1) is 5.82 Å². The number of aryl methyl sites for hydroxylation is 1. The quantitative estimate of drug-likeness (QED) is 0.699. The summed E-state index contributed by atoms with van der Waals surface area (Å²) in [6, 6.07) is 0. The Balaban J connectivity index is 3.04. The summed E-state index contributed by atoms with van der Waals surface area (Å²) in [5, 5.41) is -0.420. The lowest BCUT2D eigenvalue weighted by Crippen LogP contribution is -1.98. The molecule has 1 heterocycles. The van der Waals surface area contributed by atoms with E-state index in [1.807, 2.05) is 6.92 Å². The zero-order valence-corrected chi connectivity index (χ0v) is 7.95. The average molecular weight is 209 g/mol. The minimum absolute atomic E-state index is 0.210. The summed E-state index contributed by atoms with van der Waals surface area (Å²) in [7, 11) is 0. The van der Waals surface area contributed by atoms with Gasteiger partial charge in [0.2, 0.25) is 0 Å². The monoisotopic (exact) mass is 208 g/mol. The molecule has 0 aliphatic rings. The fourth-order valence-corrected chi connectivity index (χ4v) is 1.19. The zero-order valence-electron chi connectivity index (χ0n) is 6.44. The molecule has 0 saturated carbocycles. The molecular weight excluding hydrogens is 202 g/mol. The number of halogens is 3. The van der Waals surface area contributed by atoms with Crippen molar-refractivity contribution in [2.45, 2.75) is 19.8 Å². The van der Waals surface area contributed by atoms with Crippen molar-refractivity contribution in [1.82, 2.24) is 9.97 Å². The van der Waals surface area contributed by atoms with E-state index in [0.29, 0.717) is 12.2 Å². The third-order valence-electron chi connectivity index (χ3n) is 1.29. The van der Waals surface area contributed by atoms with Gasteiger partial charge < -0.3 is 0 Å². The van der Waals surface area contributed by atoms with Gasteiger partial charge in [0, 0.05) is 6.42 Å². The highest BCUT2D eigenvalue weighted by atomic mass is 35.5. The second-order valence-electron chi connectivity index (χ2n) is 2.29. The predicted molar refractivity (Wildman–Crippen MR) is 46.0 cm³/mol. The van der Waals surface area contributed by atoms with Gasteiger partial charge in [0.15, 0.2) is 16.1 Å². The Labute approximate surface area is 79.7 Å². The topological polar surface area (TPSA) is 25.8 Å². The molecule has 5 heteroatoms. The van der Waals surface area contributed by atoms with Crippen molar-refractivity contribution in [2.24, 2.45) is 0 Å². The van der Waals surface area contributed by atoms with E-state index in [2.05, 4.69) is 9.97 Å². The van der Waals surface area contributed by atoms with Gasteiger partial charge in [-0.1, -0.05) is 30.1 Å². The Bertz CT molecular complexity index is 268. The van der Waals surface area contributed by atoms with Gasteiger partial charge in [-0.25, -0.2) is 14.4 Å². The van der Waals surface area contributed by atoms with Crippen LogP contribution < -0.4 is 0 Å². The molecule has 0 radical (unpaired) electrons. The van der Waals surface area contributed by atoms with Crippen molar-refractivity contribution in [1.29, 1.82) is 0 Å². The van der Waals surface area contributed by atoms with Crippen molar-refractivity contribution in [2.75, 3.05) is 0 Å². The van der Waals surface area contributed by atoms with Gasteiger partial charge in [0.25, 0.3) is 0 Å². The summed E-state index contributed by atoms with van der Waals surface area (Å²) < 4.78 is 12.8. The summed E-state index contributed by atoms with van der Waals surface area (Å²) in [6.07, 6.45) is 1.53. The summed E-state index contributed by atoms with van der Waals surface area (Å²) in [6.45, 7) is 1.97. The molecule has 0 spiro atoms. The highest BCUT2D eigenvalue weighted by Gasteiger charge is 2.09. The van der Waals surface area contributed by atoms with Crippen molar-refractivity contribution < 1.29 is 4.39 Å². The average Bonchev–Trinajstić information content (AvgIpc) is 2.01. The van der Waals surface area contributed by atoms with Crippen molar-refractivity contribution in [3.63, 3.8) is 0 Å². The van der Waals surface area contributed by atoms with Crippen molar-refractivity contribution in [3.05, 3.63) is 21.9 Å². The van der Waals surface area contributed by atoms with Gasteiger partial charge in [-0.3, -0.25) is 0 Å². The van der Waals surface area contributed by atoms with Crippen molar-refractivity contribution >= 4 is 23.2 Å². The molecule has 0 aromatic carbocycles.